The first-order valence-electron chi connectivity index (χ1n) is 4.49. The number of rotatable bonds is 2. The number of carbonyl (C=O) groups is 1. The minimum Gasteiger partial charge on any atom is -0.478 e. The van der Waals surface area contributed by atoms with E-state index in [1.54, 1.807) is 0 Å². The zero-order chi connectivity index (χ0) is 11.7. The number of alkyl halides is 2. The number of carboxylic acid groups (broad SMARTS) is 1. The minimum atomic E-state index is -2.61. The Morgan fingerprint density at radius 3 is 2.69 bits per heavy atom. The van der Waals surface area contributed by atoms with Crippen LogP contribution in [0.15, 0.2) is 30.5 Å². The Bertz CT molecular complexity index is 555. The number of fused-ring (bicyclic) bond motifs is 1. The predicted molar refractivity (Wildman–Crippen MR) is 53.7 cm³/mol. The molecule has 2 rings (SSSR count). The van der Waals surface area contributed by atoms with Crippen molar-refractivity contribution in [3.05, 3.63) is 41.6 Å². The molecule has 0 spiro atoms. The number of benzene rings is 1. The molecule has 0 bridgehead atoms. The van der Waals surface area contributed by atoms with Crippen LogP contribution >= 0.6 is 0 Å². The summed E-state index contributed by atoms with van der Waals surface area (Å²) in [5.41, 5.74) is 0.338. The first-order chi connectivity index (χ1) is 7.58. The fourth-order valence-electron chi connectivity index (χ4n) is 1.40. The highest BCUT2D eigenvalue weighted by molar-refractivity contribution is 5.93. The Balaban J connectivity index is 2.61. The molecule has 1 heterocycles. The number of carboxylic acids is 1. The van der Waals surface area contributed by atoms with Crippen molar-refractivity contribution in [3.63, 3.8) is 0 Å². The second-order valence-electron chi connectivity index (χ2n) is 3.28. The van der Waals surface area contributed by atoms with Crippen molar-refractivity contribution in [2.75, 3.05) is 0 Å². The van der Waals surface area contributed by atoms with Gasteiger partial charge >= 0.3 is 5.97 Å². The average Bonchev–Trinajstić information content (AvgIpc) is 2.27. The first-order valence-corrected chi connectivity index (χ1v) is 4.49. The molecule has 0 radical (unpaired) electrons. The van der Waals surface area contributed by atoms with Gasteiger partial charge in [-0.2, -0.15) is 0 Å². The molecule has 2 aromatic rings. The smallest absolute Gasteiger partial charge is 0.335 e. The summed E-state index contributed by atoms with van der Waals surface area (Å²) in [5, 5.41) is 9.15. The van der Waals surface area contributed by atoms with Gasteiger partial charge in [0.1, 0.15) is 0 Å². The van der Waals surface area contributed by atoms with Gasteiger partial charge in [0, 0.05) is 17.1 Å². The van der Waals surface area contributed by atoms with Gasteiger partial charge < -0.3 is 5.11 Å². The zero-order valence-electron chi connectivity index (χ0n) is 8.02. The lowest BCUT2D eigenvalue weighted by atomic mass is 10.1. The normalized spacial score (nSPS) is 10.9. The number of halogens is 2. The van der Waals surface area contributed by atoms with E-state index in [9.17, 15) is 13.6 Å². The van der Waals surface area contributed by atoms with Gasteiger partial charge in [-0.3, -0.25) is 4.98 Å². The molecule has 0 saturated carbocycles. The van der Waals surface area contributed by atoms with Crippen molar-refractivity contribution >= 4 is 16.9 Å². The van der Waals surface area contributed by atoms with Gasteiger partial charge in [0.2, 0.25) is 0 Å². The highest BCUT2D eigenvalue weighted by Gasteiger charge is 2.09. The van der Waals surface area contributed by atoms with E-state index in [0.29, 0.717) is 10.9 Å². The number of nitrogens with zero attached hydrogens (tertiary/aromatic N) is 1. The molecule has 3 nitrogen and oxygen atoms in total. The van der Waals surface area contributed by atoms with E-state index in [1.165, 1.54) is 24.3 Å². The van der Waals surface area contributed by atoms with Crippen LogP contribution in [-0.4, -0.2) is 16.1 Å². The summed E-state index contributed by atoms with van der Waals surface area (Å²) >= 11 is 0. The van der Waals surface area contributed by atoms with E-state index in [-0.39, 0.29) is 11.1 Å². The van der Waals surface area contributed by atoms with Crippen molar-refractivity contribution in [1.82, 2.24) is 4.98 Å². The van der Waals surface area contributed by atoms with Crippen LogP contribution < -0.4 is 0 Å². The van der Waals surface area contributed by atoms with Crippen LogP contribution in [0, 0.1) is 0 Å². The molecular weight excluding hydrogens is 216 g/mol. The molecule has 0 saturated heterocycles. The predicted octanol–water partition coefficient (Wildman–Crippen LogP) is 2.87. The van der Waals surface area contributed by atoms with Crippen molar-refractivity contribution in [2.45, 2.75) is 6.43 Å². The van der Waals surface area contributed by atoms with Crippen LogP contribution in [0.3, 0.4) is 0 Å². The molecule has 0 atom stereocenters. The molecule has 0 aliphatic rings. The maximum absolute atomic E-state index is 12.4. The summed E-state index contributed by atoms with van der Waals surface area (Å²) < 4.78 is 24.8. The lowest BCUT2D eigenvalue weighted by Crippen LogP contribution is -1.96. The molecule has 1 N–H and O–H groups in total. The Morgan fingerprint density at radius 2 is 2.06 bits per heavy atom. The molecule has 0 aliphatic carbocycles. The van der Waals surface area contributed by atoms with Gasteiger partial charge in [-0.05, 0) is 24.3 Å². The zero-order valence-corrected chi connectivity index (χ0v) is 8.02. The van der Waals surface area contributed by atoms with Gasteiger partial charge in [0.25, 0.3) is 6.43 Å². The second kappa shape index (κ2) is 3.84. The summed E-state index contributed by atoms with van der Waals surface area (Å²) in [6, 6.07) is 5.46. The summed E-state index contributed by atoms with van der Waals surface area (Å²) in [5.74, 6) is -1.09. The van der Waals surface area contributed by atoms with E-state index in [2.05, 4.69) is 4.98 Å². The number of aromatic carboxylic acids is 1. The third kappa shape index (κ3) is 1.84. The third-order valence-electron chi connectivity index (χ3n) is 2.20. The molecule has 1 aromatic heterocycles. The lowest BCUT2D eigenvalue weighted by molar-refractivity contribution is 0.0697. The van der Waals surface area contributed by atoms with E-state index in [0.717, 1.165) is 6.20 Å². The van der Waals surface area contributed by atoms with Gasteiger partial charge in [-0.1, -0.05) is 0 Å². The largest absolute Gasteiger partial charge is 0.478 e. The van der Waals surface area contributed by atoms with Crippen molar-refractivity contribution in [3.8, 4) is 0 Å². The maximum Gasteiger partial charge on any atom is 0.335 e. The number of hydrogen-bond acceptors (Lipinski definition) is 2. The van der Waals surface area contributed by atoms with Crippen LogP contribution in [0.5, 0.6) is 0 Å². The fraction of sp³-hybridized carbons (Fsp3) is 0.0909. The van der Waals surface area contributed by atoms with Gasteiger partial charge in [-0.25, -0.2) is 13.6 Å². The van der Waals surface area contributed by atoms with Gasteiger partial charge in [0.05, 0.1) is 11.1 Å². The average molecular weight is 223 g/mol. The lowest BCUT2D eigenvalue weighted by Gasteiger charge is -2.02. The Kier molecular flexibility index (Phi) is 2.52. The molecule has 82 valence electrons. The van der Waals surface area contributed by atoms with E-state index >= 15 is 0 Å². The van der Waals surface area contributed by atoms with Crippen molar-refractivity contribution in [2.24, 2.45) is 0 Å². The molecule has 0 amide bonds. The molecule has 16 heavy (non-hydrogen) atoms. The van der Waals surface area contributed by atoms with Crippen LogP contribution in [0.25, 0.3) is 10.9 Å². The second-order valence-corrected chi connectivity index (χ2v) is 3.28. The quantitative estimate of drug-likeness (QED) is 0.851. The van der Waals surface area contributed by atoms with Crippen LogP contribution in [0.1, 0.15) is 22.3 Å². The SMILES string of the molecule is O=C(O)c1ccc2ncc(C(F)F)cc2c1. The monoisotopic (exact) mass is 223 g/mol. The number of pyridine rings is 1. The maximum atomic E-state index is 12.4. The summed E-state index contributed by atoms with van der Waals surface area (Å²) in [6.45, 7) is 0. The van der Waals surface area contributed by atoms with Crippen LogP contribution in [0.4, 0.5) is 8.78 Å². The molecule has 0 aliphatic heterocycles. The Hall–Kier alpha value is -2.04. The number of aromatic nitrogens is 1. The van der Waals surface area contributed by atoms with Crippen LogP contribution in [-0.2, 0) is 0 Å². The molecule has 0 unspecified atom stereocenters. The van der Waals surface area contributed by atoms with Crippen LogP contribution in [0.2, 0.25) is 0 Å². The fourth-order valence-corrected chi connectivity index (χ4v) is 1.40. The molecule has 0 fully saturated rings. The van der Waals surface area contributed by atoms with E-state index in [1.807, 2.05) is 0 Å². The number of hydrogen-bond donors (Lipinski definition) is 1. The summed E-state index contributed by atoms with van der Waals surface area (Å²) in [7, 11) is 0. The summed E-state index contributed by atoms with van der Waals surface area (Å²) in [6.07, 6.45) is -1.52. The minimum absolute atomic E-state index is 0.0562. The Labute approximate surface area is 89.3 Å². The Morgan fingerprint density at radius 1 is 1.31 bits per heavy atom. The summed E-state index contributed by atoms with van der Waals surface area (Å²) in [4.78, 5) is 14.5. The topological polar surface area (TPSA) is 50.2 Å². The van der Waals surface area contributed by atoms with E-state index in [4.69, 9.17) is 5.11 Å². The standard InChI is InChI=1S/C11H7F2NO2/c12-10(13)8-4-7-3-6(11(15)16)1-2-9(7)14-5-8/h1-5,10H,(H,15,16). The molecular formula is C11H7F2NO2. The molecule has 1 aromatic carbocycles. The van der Waals surface area contributed by atoms with Crippen molar-refractivity contribution < 1.29 is 18.7 Å². The highest BCUT2D eigenvalue weighted by Crippen LogP contribution is 2.22. The highest BCUT2D eigenvalue weighted by atomic mass is 19.3. The van der Waals surface area contributed by atoms with Gasteiger partial charge in [-0.15, -0.1) is 0 Å². The third-order valence-corrected chi connectivity index (χ3v) is 2.20. The first kappa shape index (κ1) is 10.5. The van der Waals surface area contributed by atoms with Crippen molar-refractivity contribution in [1.29, 1.82) is 0 Å². The van der Waals surface area contributed by atoms with Gasteiger partial charge in [0.15, 0.2) is 0 Å². The molecule has 5 heteroatoms. The van der Waals surface area contributed by atoms with E-state index < -0.39 is 12.4 Å².